The van der Waals surface area contributed by atoms with Gasteiger partial charge < -0.3 is 4.90 Å². The number of rotatable bonds is 1. The van der Waals surface area contributed by atoms with Crippen LogP contribution in [0.4, 0.5) is 14.6 Å². The maximum Gasteiger partial charge on any atom is 0.134 e. The molecule has 1 saturated heterocycles. The van der Waals surface area contributed by atoms with Gasteiger partial charge in [-0.3, -0.25) is 0 Å². The van der Waals surface area contributed by atoms with Crippen molar-refractivity contribution in [2.45, 2.75) is 19.5 Å². The van der Waals surface area contributed by atoms with E-state index in [-0.39, 0.29) is 5.82 Å². The summed E-state index contributed by atoms with van der Waals surface area (Å²) < 4.78 is 26.1. The second-order valence-corrected chi connectivity index (χ2v) is 3.57. The summed E-state index contributed by atoms with van der Waals surface area (Å²) in [6.07, 6.45) is 1.13. The fourth-order valence-corrected chi connectivity index (χ4v) is 1.73. The number of alkyl halides is 1. The molecule has 0 aromatic carbocycles. The van der Waals surface area contributed by atoms with Gasteiger partial charge >= 0.3 is 0 Å². The SMILES string of the molecule is Cc1c(F)ccnc1N1CCC(F)C1. The van der Waals surface area contributed by atoms with E-state index in [2.05, 4.69) is 4.98 Å². The van der Waals surface area contributed by atoms with E-state index in [1.165, 1.54) is 12.3 Å². The Balaban J connectivity index is 2.28. The molecule has 1 aromatic heterocycles. The maximum absolute atomic E-state index is 13.2. The largest absolute Gasteiger partial charge is 0.353 e. The molecule has 0 aliphatic carbocycles. The van der Waals surface area contributed by atoms with Gasteiger partial charge in [-0.25, -0.2) is 13.8 Å². The number of anilines is 1. The van der Waals surface area contributed by atoms with Crippen molar-refractivity contribution in [3.63, 3.8) is 0 Å². The minimum Gasteiger partial charge on any atom is -0.353 e. The molecule has 1 atom stereocenters. The molecule has 4 heteroatoms. The molecular formula is C10H12F2N2. The molecule has 1 unspecified atom stereocenters. The standard InChI is InChI=1S/C10H12F2N2/c1-7-9(12)2-4-13-10(7)14-5-3-8(11)6-14/h2,4,8H,3,5-6H2,1H3. The van der Waals surface area contributed by atoms with Crippen LogP contribution >= 0.6 is 0 Å². The quantitative estimate of drug-likeness (QED) is 0.686. The first kappa shape index (κ1) is 9.37. The van der Waals surface area contributed by atoms with Crippen LogP contribution in [0.2, 0.25) is 0 Å². The lowest BCUT2D eigenvalue weighted by Crippen LogP contribution is -2.22. The summed E-state index contributed by atoms with van der Waals surface area (Å²) in [5.41, 5.74) is 0.501. The fraction of sp³-hybridized carbons (Fsp3) is 0.500. The molecule has 0 N–H and O–H groups in total. The molecule has 1 aliphatic heterocycles. The Hall–Kier alpha value is -1.19. The van der Waals surface area contributed by atoms with E-state index in [0.29, 0.717) is 30.9 Å². The fourth-order valence-electron chi connectivity index (χ4n) is 1.73. The summed E-state index contributed by atoms with van der Waals surface area (Å²) in [5, 5.41) is 0. The maximum atomic E-state index is 13.2. The van der Waals surface area contributed by atoms with Crippen molar-refractivity contribution in [2.75, 3.05) is 18.0 Å². The molecule has 2 heterocycles. The van der Waals surface area contributed by atoms with Gasteiger partial charge in [0.15, 0.2) is 0 Å². The number of aromatic nitrogens is 1. The van der Waals surface area contributed by atoms with Crippen molar-refractivity contribution < 1.29 is 8.78 Å². The number of hydrogen-bond acceptors (Lipinski definition) is 2. The third-order valence-electron chi connectivity index (χ3n) is 2.54. The third-order valence-corrected chi connectivity index (χ3v) is 2.54. The Morgan fingerprint density at radius 3 is 3.00 bits per heavy atom. The van der Waals surface area contributed by atoms with Crippen LogP contribution in [0, 0.1) is 12.7 Å². The van der Waals surface area contributed by atoms with Crippen molar-refractivity contribution in [1.82, 2.24) is 4.98 Å². The smallest absolute Gasteiger partial charge is 0.134 e. The number of hydrogen-bond donors (Lipinski definition) is 0. The van der Waals surface area contributed by atoms with Crippen molar-refractivity contribution in [3.05, 3.63) is 23.6 Å². The van der Waals surface area contributed by atoms with E-state index >= 15 is 0 Å². The summed E-state index contributed by atoms with van der Waals surface area (Å²) >= 11 is 0. The molecule has 14 heavy (non-hydrogen) atoms. The molecule has 1 fully saturated rings. The molecule has 0 spiro atoms. The number of pyridine rings is 1. The summed E-state index contributed by atoms with van der Waals surface area (Å²) in [4.78, 5) is 5.87. The Bertz CT molecular complexity index is 341. The lowest BCUT2D eigenvalue weighted by molar-refractivity contribution is 0.364. The number of halogens is 2. The minimum absolute atomic E-state index is 0.280. The van der Waals surface area contributed by atoms with Gasteiger partial charge in [0.05, 0.1) is 6.54 Å². The zero-order chi connectivity index (χ0) is 10.1. The van der Waals surface area contributed by atoms with Crippen LogP contribution in [0.15, 0.2) is 12.3 Å². The molecular weight excluding hydrogens is 186 g/mol. The van der Waals surface area contributed by atoms with Crippen molar-refractivity contribution >= 4 is 5.82 Å². The van der Waals surface area contributed by atoms with Crippen LogP contribution in [0.1, 0.15) is 12.0 Å². The Morgan fingerprint density at radius 1 is 1.57 bits per heavy atom. The second-order valence-electron chi connectivity index (χ2n) is 3.57. The lowest BCUT2D eigenvalue weighted by atomic mass is 10.2. The zero-order valence-electron chi connectivity index (χ0n) is 8.00. The summed E-state index contributed by atoms with van der Waals surface area (Å²) in [5.74, 6) is 0.294. The van der Waals surface area contributed by atoms with E-state index in [4.69, 9.17) is 0 Å². The predicted molar refractivity (Wildman–Crippen MR) is 50.7 cm³/mol. The topological polar surface area (TPSA) is 16.1 Å². The zero-order valence-corrected chi connectivity index (χ0v) is 8.00. The van der Waals surface area contributed by atoms with Gasteiger partial charge in [0.2, 0.25) is 0 Å². The van der Waals surface area contributed by atoms with Gasteiger partial charge in [-0.1, -0.05) is 0 Å². The highest BCUT2D eigenvalue weighted by molar-refractivity contribution is 5.47. The van der Waals surface area contributed by atoms with E-state index in [1.807, 2.05) is 0 Å². The highest BCUT2D eigenvalue weighted by atomic mass is 19.1. The molecule has 0 radical (unpaired) electrons. The molecule has 2 rings (SSSR count). The average Bonchev–Trinajstić information content (AvgIpc) is 2.57. The van der Waals surface area contributed by atoms with E-state index in [0.717, 1.165) is 0 Å². The Labute approximate surface area is 81.6 Å². The summed E-state index contributed by atoms with van der Waals surface area (Å²) in [6, 6.07) is 1.32. The van der Waals surface area contributed by atoms with Crippen LogP contribution in [0.5, 0.6) is 0 Å². The average molecular weight is 198 g/mol. The Morgan fingerprint density at radius 2 is 2.36 bits per heavy atom. The van der Waals surface area contributed by atoms with Crippen LogP contribution in [-0.2, 0) is 0 Å². The highest BCUT2D eigenvalue weighted by Crippen LogP contribution is 2.24. The van der Waals surface area contributed by atoms with Crippen molar-refractivity contribution in [1.29, 1.82) is 0 Å². The lowest BCUT2D eigenvalue weighted by Gasteiger charge is -2.18. The minimum atomic E-state index is -0.806. The normalized spacial score (nSPS) is 21.6. The molecule has 2 nitrogen and oxygen atoms in total. The molecule has 0 saturated carbocycles. The first-order chi connectivity index (χ1) is 6.68. The monoisotopic (exact) mass is 198 g/mol. The molecule has 0 amide bonds. The molecule has 1 aromatic rings. The van der Waals surface area contributed by atoms with Crippen LogP contribution < -0.4 is 4.90 Å². The summed E-state index contributed by atoms with van der Waals surface area (Å²) in [6.45, 7) is 2.62. The van der Waals surface area contributed by atoms with Crippen LogP contribution in [-0.4, -0.2) is 24.2 Å². The second kappa shape index (κ2) is 3.52. The van der Waals surface area contributed by atoms with Gasteiger partial charge in [0.1, 0.15) is 17.8 Å². The molecule has 76 valence electrons. The first-order valence-corrected chi connectivity index (χ1v) is 4.68. The van der Waals surface area contributed by atoms with Crippen LogP contribution in [0.3, 0.4) is 0 Å². The van der Waals surface area contributed by atoms with Gasteiger partial charge in [-0.15, -0.1) is 0 Å². The van der Waals surface area contributed by atoms with Crippen LogP contribution in [0.25, 0.3) is 0 Å². The number of nitrogens with zero attached hydrogens (tertiary/aromatic N) is 2. The van der Waals surface area contributed by atoms with E-state index in [1.54, 1.807) is 11.8 Å². The third kappa shape index (κ3) is 1.56. The van der Waals surface area contributed by atoms with Crippen molar-refractivity contribution in [3.8, 4) is 0 Å². The summed E-state index contributed by atoms with van der Waals surface area (Å²) in [7, 11) is 0. The van der Waals surface area contributed by atoms with Gasteiger partial charge in [0.25, 0.3) is 0 Å². The van der Waals surface area contributed by atoms with Gasteiger partial charge in [-0.2, -0.15) is 0 Å². The van der Waals surface area contributed by atoms with E-state index in [9.17, 15) is 8.78 Å². The molecule has 1 aliphatic rings. The van der Waals surface area contributed by atoms with Gasteiger partial charge in [-0.05, 0) is 19.4 Å². The Kier molecular flexibility index (Phi) is 2.35. The van der Waals surface area contributed by atoms with Crippen molar-refractivity contribution in [2.24, 2.45) is 0 Å². The van der Waals surface area contributed by atoms with E-state index < -0.39 is 6.17 Å². The molecule has 0 bridgehead atoms. The predicted octanol–water partition coefficient (Wildman–Crippen LogP) is 2.08. The van der Waals surface area contributed by atoms with Gasteiger partial charge in [0, 0.05) is 18.3 Å². The first-order valence-electron chi connectivity index (χ1n) is 4.68. The highest BCUT2D eigenvalue weighted by Gasteiger charge is 2.24.